The monoisotopic (exact) mass is 500 g/mol. The quantitative estimate of drug-likeness (QED) is 0.240. The highest BCUT2D eigenvalue weighted by Gasteiger charge is 2.08. The van der Waals surface area contributed by atoms with E-state index in [1.165, 1.54) is 11.1 Å². The van der Waals surface area contributed by atoms with Crippen LogP contribution < -0.4 is 10.6 Å². The number of aryl methyl sites for hydroxylation is 2. The predicted octanol–water partition coefficient (Wildman–Crippen LogP) is 2.93. The summed E-state index contributed by atoms with van der Waals surface area (Å²) in [5.74, 6) is 2.90. The average Bonchev–Trinajstić information content (AvgIpc) is 2.99. The van der Waals surface area contributed by atoms with Crippen molar-refractivity contribution in [3.8, 4) is 0 Å². The Morgan fingerprint density at radius 1 is 1.18 bits per heavy atom. The van der Waals surface area contributed by atoms with Gasteiger partial charge in [0.1, 0.15) is 12.4 Å². The van der Waals surface area contributed by atoms with Gasteiger partial charge < -0.3 is 19.9 Å². The van der Waals surface area contributed by atoms with Gasteiger partial charge in [0.15, 0.2) is 11.8 Å². The zero-order valence-corrected chi connectivity index (χ0v) is 19.9. The highest BCUT2D eigenvalue weighted by molar-refractivity contribution is 14.0. The number of methoxy groups -OCH3 is 1. The summed E-state index contributed by atoms with van der Waals surface area (Å²) in [6.07, 6.45) is 0.924. The van der Waals surface area contributed by atoms with E-state index in [1.807, 2.05) is 18.5 Å². The van der Waals surface area contributed by atoms with E-state index in [1.54, 1.807) is 7.11 Å². The van der Waals surface area contributed by atoms with Crippen LogP contribution in [0, 0.1) is 13.8 Å². The number of hydrogen-bond donors (Lipinski definition) is 2. The number of benzene rings is 1. The molecule has 2 N–H and O–H groups in total. The van der Waals surface area contributed by atoms with Gasteiger partial charge in [0.2, 0.25) is 0 Å². The molecule has 2 aromatic rings. The second-order valence-electron chi connectivity index (χ2n) is 6.85. The number of nitrogens with one attached hydrogen (secondary N) is 2. The Bertz CT molecular complexity index is 729. The lowest BCUT2D eigenvalue weighted by molar-refractivity contribution is 0.195. The Hall–Kier alpha value is -1.68. The molecular weight excluding hydrogens is 467 g/mol. The molecule has 0 bridgehead atoms. The molecule has 2 rings (SSSR count). The fraction of sp³-hybridized carbons (Fsp3) is 0.550. The van der Waals surface area contributed by atoms with Gasteiger partial charge in [0.05, 0.1) is 0 Å². The van der Waals surface area contributed by atoms with Crippen molar-refractivity contribution in [3.05, 3.63) is 47.0 Å². The van der Waals surface area contributed by atoms with Crippen molar-refractivity contribution in [3.63, 3.8) is 0 Å². The van der Waals surface area contributed by atoms with Gasteiger partial charge in [-0.05, 0) is 31.7 Å². The number of aliphatic imine (C=N–C) groups is 1. The minimum atomic E-state index is 0. The highest BCUT2D eigenvalue weighted by Crippen LogP contribution is 2.14. The number of ether oxygens (including phenoxy) is 1. The maximum absolute atomic E-state index is 5.12. The number of hydrogen-bond acceptors (Lipinski definition) is 4. The van der Waals surface area contributed by atoms with Crippen LogP contribution in [-0.2, 0) is 18.3 Å². The minimum absolute atomic E-state index is 0. The molecule has 7 nitrogen and oxygen atoms in total. The lowest BCUT2D eigenvalue weighted by Gasteiger charge is -2.17. The van der Waals surface area contributed by atoms with E-state index >= 15 is 0 Å². The Labute approximate surface area is 185 Å². The number of rotatable bonds is 9. The normalized spacial score (nSPS) is 12.4. The molecule has 0 saturated carbocycles. The van der Waals surface area contributed by atoms with Gasteiger partial charge in [-0.1, -0.05) is 36.8 Å². The van der Waals surface area contributed by atoms with Crippen molar-refractivity contribution in [1.82, 2.24) is 25.4 Å². The summed E-state index contributed by atoms with van der Waals surface area (Å²) in [5, 5.41) is 15.1. The minimum Gasteiger partial charge on any atom is -0.385 e. The fourth-order valence-electron chi connectivity index (χ4n) is 2.60. The molecule has 0 aliphatic rings. The summed E-state index contributed by atoms with van der Waals surface area (Å²) >= 11 is 0. The van der Waals surface area contributed by atoms with Crippen molar-refractivity contribution in [2.45, 2.75) is 39.7 Å². The number of guanidine groups is 1. The van der Waals surface area contributed by atoms with Gasteiger partial charge in [-0.2, -0.15) is 0 Å². The van der Waals surface area contributed by atoms with Crippen LogP contribution in [0.1, 0.15) is 42.0 Å². The molecule has 1 aromatic carbocycles. The first-order valence-electron chi connectivity index (χ1n) is 9.43. The first kappa shape index (κ1) is 24.4. The standard InChI is InChI=1S/C20H32N6O.HI/c1-15-7-9-18(10-8-15)16(2)13-22-20(21-11-6-12-27-5)23-14-19-25-24-17(3)26(19)4;/h7-10,16H,6,11-14H2,1-5H3,(H2,21,22,23);1H. The molecular formula is C20H33IN6O. The third kappa shape index (κ3) is 7.75. The number of aromatic nitrogens is 3. The zero-order valence-electron chi connectivity index (χ0n) is 17.5. The molecule has 0 spiro atoms. The second-order valence-corrected chi connectivity index (χ2v) is 6.85. The van der Waals surface area contributed by atoms with Crippen molar-refractivity contribution in [1.29, 1.82) is 0 Å². The van der Waals surface area contributed by atoms with Gasteiger partial charge in [0, 0.05) is 33.9 Å². The zero-order chi connectivity index (χ0) is 19.6. The Balaban J connectivity index is 0.00000392. The summed E-state index contributed by atoms with van der Waals surface area (Å²) in [4.78, 5) is 4.68. The maximum Gasteiger partial charge on any atom is 0.191 e. The van der Waals surface area contributed by atoms with Crippen LogP contribution in [0.5, 0.6) is 0 Å². The van der Waals surface area contributed by atoms with Crippen LogP contribution in [0.25, 0.3) is 0 Å². The number of halogens is 1. The first-order valence-corrected chi connectivity index (χ1v) is 9.43. The molecule has 1 atom stereocenters. The maximum atomic E-state index is 5.12. The van der Waals surface area contributed by atoms with E-state index in [0.29, 0.717) is 12.5 Å². The van der Waals surface area contributed by atoms with E-state index in [0.717, 1.165) is 43.7 Å². The third-order valence-corrected chi connectivity index (χ3v) is 4.60. The Morgan fingerprint density at radius 2 is 1.89 bits per heavy atom. The molecule has 0 fully saturated rings. The summed E-state index contributed by atoms with van der Waals surface area (Å²) in [5.41, 5.74) is 2.59. The second kappa shape index (κ2) is 12.7. The molecule has 0 aliphatic heterocycles. The fourth-order valence-corrected chi connectivity index (χ4v) is 2.60. The van der Waals surface area contributed by atoms with Gasteiger partial charge >= 0.3 is 0 Å². The smallest absolute Gasteiger partial charge is 0.191 e. The molecule has 0 aliphatic carbocycles. The Kier molecular flexibility index (Phi) is 11.1. The van der Waals surface area contributed by atoms with Crippen LogP contribution in [0.15, 0.2) is 29.3 Å². The van der Waals surface area contributed by atoms with Gasteiger partial charge in [-0.15, -0.1) is 34.2 Å². The van der Waals surface area contributed by atoms with Gasteiger partial charge in [-0.3, -0.25) is 0 Å². The highest BCUT2D eigenvalue weighted by atomic mass is 127. The average molecular weight is 500 g/mol. The van der Waals surface area contributed by atoms with Crippen molar-refractivity contribution >= 4 is 29.9 Å². The summed E-state index contributed by atoms with van der Waals surface area (Å²) in [7, 11) is 3.67. The molecule has 1 aromatic heterocycles. The molecule has 0 saturated heterocycles. The van der Waals surface area contributed by atoms with Gasteiger partial charge in [0.25, 0.3) is 0 Å². The van der Waals surface area contributed by atoms with Crippen molar-refractivity contribution in [2.24, 2.45) is 12.0 Å². The molecule has 0 amide bonds. The number of nitrogens with zero attached hydrogens (tertiary/aromatic N) is 4. The van der Waals surface area contributed by atoms with E-state index < -0.39 is 0 Å². The van der Waals surface area contributed by atoms with Crippen LogP contribution in [0.2, 0.25) is 0 Å². The van der Waals surface area contributed by atoms with Crippen molar-refractivity contribution < 1.29 is 4.74 Å². The van der Waals surface area contributed by atoms with E-state index in [-0.39, 0.29) is 24.0 Å². The Morgan fingerprint density at radius 3 is 2.50 bits per heavy atom. The summed E-state index contributed by atoms with van der Waals surface area (Å²) < 4.78 is 7.07. The van der Waals surface area contributed by atoms with Crippen LogP contribution in [0.3, 0.4) is 0 Å². The molecule has 8 heteroatoms. The molecule has 0 radical (unpaired) electrons. The van der Waals surface area contributed by atoms with Crippen LogP contribution in [0.4, 0.5) is 0 Å². The van der Waals surface area contributed by atoms with Crippen LogP contribution in [-0.4, -0.2) is 47.5 Å². The SMILES string of the molecule is COCCCNC(=NCc1nnc(C)n1C)NCC(C)c1ccc(C)cc1.I. The largest absolute Gasteiger partial charge is 0.385 e. The van der Waals surface area contributed by atoms with Crippen LogP contribution >= 0.6 is 24.0 Å². The van der Waals surface area contributed by atoms with E-state index in [9.17, 15) is 0 Å². The molecule has 1 unspecified atom stereocenters. The first-order chi connectivity index (χ1) is 13.0. The lowest BCUT2D eigenvalue weighted by atomic mass is 10.0. The molecule has 1 heterocycles. The molecule has 156 valence electrons. The summed E-state index contributed by atoms with van der Waals surface area (Å²) in [6.45, 7) is 9.07. The lowest BCUT2D eigenvalue weighted by Crippen LogP contribution is -2.40. The van der Waals surface area contributed by atoms with E-state index in [2.05, 4.69) is 63.9 Å². The predicted molar refractivity (Wildman–Crippen MR) is 124 cm³/mol. The topological polar surface area (TPSA) is 76.4 Å². The van der Waals surface area contributed by atoms with Crippen molar-refractivity contribution in [2.75, 3.05) is 26.8 Å². The van der Waals surface area contributed by atoms with E-state index in [4.69, 9.17) is 4.74 Å². The van der Waals surface area contributed by atoms with Gasteiger partial charge in [-0.25, -0.2) is 4.99 Å². The summed E-state index contributed by atoms with van der Waals surface area (Å²) in [6, 6.07) is 8.68. The third-order valence-electron chi connectivity index (χ3n) is 4.60. The molecule has 28 heavy (non-hydrogen) atoms.